The van der Waals surface area contributed by atoms with E-state index < -0.39 is 5.97 Å². The number of benzene rings is 1. The lowest BCUT2D eigenvalue weighted by atomic mass is 9.96. The summed E-state index contributed by atoms with van der Waals surface area (Å²) in [5, 5.41) is 11.6. The molecule has 0 aliphatic rings. The van der Waals surface area contributed by atoms with Crippen LogP contribution in [0.25, 0.3) is 6.08 Å². The van der Waals surface area contributed by atoms with E-state index in [0.29, 0.717) is 5.92 Å². The molecule has 0 heterocycles. The van der Waals surface area contributed by atoms with E-state index in [1.807, 2.05) is 52.0 Å². The van der Waals surface area contributed by atoms with Gasteiger partial charge >= 0.3 is 5.97 Å². The van der Waals surface area contributed by atoms with Gasteiger partial charge in [-0.2, -0.15) is 0 Å². The lowest BCUT2D eigenvalue weighted by Gasteiger charge is -2.20. The zero-order valence-electron chi connectivity index (χ0n) is 13.0. The summed E-state index contributed by atoms with van der Waals surface area (Å²) in [7, 11) is 0. The standard InChI is InChI=1S/C17H23NO3/c1-11(2)12(3)17(21)18-13(4)15-8-5-14(6-9-15)7-10-16(19)20/h5-13H,1-4H3,(H,18,21)(H,19,20). The number of hydrogen-bond acceptors (Lipinski definition) is 2. The second kappa shape index (κ2) is 7.62. The largest absolute Gasteiger partial charge is 0.478 e. The minimum absolute atomic E-state index is 0.0229. The van der Waals surface area contributed by atoms with Gasteiger partial charge in [0.2, 0.25) is 5.91 Å². The average molecular weight is 289 g/mol. The zero-order chi connectivity index (χ0) is 16.0. The van der Waals surface area contributed by atoms with Gasteiger partial charge in [-0.3, -0.25) is 4.79 Å². The third-order valence-electron chi connectivity index (χ3n) is 3.63. The molecule has 1 aromatic rings. The maximum Gasteiger partial charge on any atom is 0.328 e. The van der Waals surface area contributed by atoms with Crippen LogP contribution < -0.4 is 5.32 Å². The highest BCUT2D eigenvalue weighted by Crippen LogP contribution is 2.16. The summed E-state index contributed by atoms with van der Waals surface area (Å²) in [6, 6.07) is 7.39. The van der Waals surface area contributed by atoms with E-state index in [-0.39, 0.29) is 17.9 Å². The highest BCUT2D eigenvalue weighted by atomic mass is 16.4. The smallest absolute Gasteiger partial charge is 0.328 e. The van der Waals surface area contributed by atoms with Crippen LogP contribution in [0.3, 0.4) is 0 Å². The molecule has 0 spiro atoms. The van der Waals surface area contributed by atoms with Crippen LogP contribution in [0.5, 0.6) is 0 Å². The number of amides is 1. The Bertz CT molecular complexity index is 517. The first-order valence-corrected chi connectivity index (χ1v) is 7.12. The number of carbonyl (C=O) groups is 2. The van der Waals surface area contributed by atoms with Crippen molar-refractivity contribution in [2.24, 2.45) is 11.8 Å². The van der Waals surface area contributed by atoms with Gasteiger partial charge in [-0.15, -0.1) is 0 Å². The molecule has 0 saturated carbocycles. The molecule has 0 aromatic heterocycles. The molecule has 1 amide bonds. The van der Waals surface area contributed by atoms with Crippen molar-refractivity contribution in [2.45, 2.75) is 33.7 Å². The Labute approximate surface area is 125 Å². The van der Waals surface area contributed by atoms with E-state index in [1.54, 1.807) is 0 Å². The molecule has 0 fully saturated rings. The first-order chi connectivity index (χ1) is 9.81. The number of carbonyl (C=O) groups excluding carboxylic acids is 1. The zero-order valence-corrected chi connectivity index (χ0v) is 13.0. The van der Waals surface area contributed by atoms with Crippen LogP contribution in [-0.4, -0.2) is 17.0 Å². The molecule has 1 rings (SSSR count). The number of rotatable bonds is 6. The van der Waals surface area contributed by atoms with Crippen molar-refractivity contribution in [2.75, 3.05) is 0 Å². The van der Waals surface area contributed by atoms with E-state index in [2.05, 4.69) is 5.32 Å². The molecule has 4 nitrogen and oxygen atoms in total. The summed E-state index contributed by atoms with van der Waals surface area (Å²) in [6.07, 6.45) is 2.64. The normalized spacial score (nSPS) is 14.1. The second-order valence-electron chi connectivity index (χ2n) is 5.60. The molecule has 114 valence electrons. The minimum atomic E-state index is -0.970. The molecule has 4 heteroatoms. The quantitative estimate of drug-likeness (QED) is 0.790. The number of carboxylic acid groups (broad SMARTS) is 1. The summed E-state index contributed by atoms with van der Waals surface area (Å²) in [4.78, 5) is 22.5. The van der Waals surface area contributed by atoms with Crippen molar-refractivity contribution in [3.63, 3.8) is 0 Å². The van der Waals surface area contributed by atoms with E-state index in [1.165, 1.54) is 6.08 Å². The fourth-order valence-electron chi connectivity index (χ4n) is 1.79. The van der Waals surface area contributed by atoms with Crippen molar-refractivity contribution in [1.82, 2.24) is 5.32 Å². The number of nitrogens with one attached hydrogen (secondary N) is 1. The predicted molar refractivity (Wildman–Crippen MR) is 83.7 cm³/mol. The van der Waals surface area contributed by atoms with Crippen molar-refractivity contribution >= 4 is 18.0 Å². The molecule has 0 bridgehead atoms. The van der Waals surface area contributed by atoms with Gasteiger partial charge in [-0.1, -0.05) is 45.0 Å². The van der Waals surface area contributed by atoms with Crippen LogP contribution in [-0.2, 0) is 9.59 Å². The Hall–Kier alpha value is -2.10. The van der Waals surface area contributed by atoms with Gasteiger partial charge in [-0.25, -0.2) is 4.79 Å². The molecular formula is C17H23NO3. The first kappa shape index (κ1) is 17.0. The van der Waals surface area contributed by atoms with E-state index in [9.17, 15) is 9.59 Å². The van der Waals surface area contributed by atoms with Crippen molar-refractivity contribution in [3.05, 3.63) is 41.5 Å². The topological polar surface area (TPSA) is 66.4 Å². The fraction of sp³-hybridized carbons (Fsp3) is 0.412. The highest BCUT2D eigenvalue weighted by molar-refractivity contribution is 5.85. The van der Waals surface area contributed by atoms with Crippen molar-refractivity contribution in [3.8, 4) is 0 Å². The van der Waals surface area contributed by atoms with Gasteiger partial charge in [-0.05, 0) is 30.0 Å². The van der Waals surface area contributed by atoms with Crippen LogP contribution in [0.15, 0.2) is 30.3 Å². The van der Waals surface area contributed by atoms with Crippen LogP contribution >= 0.6 is 0 Å². The first-order valence-electron chi connectivity index (χ1n) is 7.12. The molecule has 2 atom stereocenters. The van der Waals surface area contributed by atoms with Gasteiger partial charge < -0.3 is 10.4 Å². The number of carboxylic acids is 1. The third-order valence-corrected chi connectivity index (χ3v) is 3.63. The van der Waals surface area contributed by atoms with Crippen molar-refractivity contribution in [1.29, 1.82) is 0 Å². The average Bonchev–Trinajstić information content (AvgIpc) is 2.44. The van der Waals surface area contributed by atoms with Crippen LogP contribution in [0.1, 0.15) is 44.9 Å². The van der Waals surface area contributed by atoms with Gasteiger partial charge in [0.15, 0.2) is 0 Å². The van der Waals surface area contributed by atoms with Gasteiger partial charge in [0, 0.05) is 12.0 Å². The second-order valence-corrected chi connectivity index (χ2v) is 5.60. The molecule has 0 aliphatic carbocycles. The monoisotopic (exact) mass is 289 g/mol. The summed E-state index contributed by atoms with van der Waals surface area (Å²) >= 11 is 0. The summed E-state index contributed by atoms with van der Waals surface area (Å²) in [5.74, 6) is -0.638. The van der Waals surface area contributed by atoms with E-state index >= 15 is 0 Å². The molecule has 2 unspecified atom stereocenters. The van der Waals surface area contributed by atoms with Crippen LogP contribution in [0.4, 0.5) is 0 Å². The molecule has 21 heavy (non-hydrogen) atoms. The molecule has 1 aromatic carbocycles. The number of aliphatic carboxylic acids is 1. The summed E-state index contributed by atoms with van der Waals surface area (Å²) in [6.45, 7) is 7.91. The number of hydrogen-bond donors (Lipinski definition) is 2. The predicted octanol–water partition coefficient (Wildman–Crippen LogP) is 3.25. The Morgan fingerprint density at radius 3 is 2.14 bits per heavy atom. The Morgan fingerprint density at radius 2 is 1.67 bits per heavy atom. The van der Waals surface area contributed by atoms with E-state index in [0.717, 1.165) is 17.2 Å². The maximum absolute atomic E-state index is 12.0. The van der Waals surface area contributed by atoms with Gasteiger partial charge in [0.25, 0.3) is 0 Å². The Morgan fingerprint density at radius 1 is 1.10 bits per heavy atom. The third kappa shape index (κ3) is 5.42. The van der Waals surface area contributed by atoms with Gasteiger partial charge in [0.05, 0.1) is 6.04 Å². The molecular weight excluding hydrogens is 266 g/mol. The summed E-state index contributed by atoms with van der Waals surface area (Å²) < 4.78 is 0. The molecule has 0 radical (unpaired) electrons. The van der Waals surface area contributed by atoms with Crippen molar-refractivity contribution < 1.29 is 14.7 Å². The fourth-order valence-corrected chi connectivity index (χ4v) is 1.79. The molecule has 0 saturated heterocycles. The van der Waals surface area contributed by atoms with E-state index in [4.69, 9.17) is 5.11 Å². The minimum Gasteiger partial charge on any atom is -0.478 e. The lowest BCUT2D eigenvalue weighted by Crippen LogP contribution is -2.33. The summed E-state index contributed by atoms with van der Waals surface area (Å²) in [5.41, 5.74) is 1.81. The maximum atomic E-state index is 12.0. The van der Waals surface area contributed by atoms with Gasteiger partial charge in [0.1, 0.15) is 0 Å². The Kier molecular flexibility index (Phi) is 6.15. The van der Waals surface area contributed by atoms with Crippen LogP contribution in [0, 0.1) is 11.8 Å². The molecule has 0 aliphatic heterocycles. The van der Waals surface area contributed by atoms with Crippen LogP contribution in [0.2, 0.25) is 0 Å². The lowest BCUT2D eigenvalue weighted by molar-refractivity contribution is -0.131. The highest BCUT2D eigenvalue weighted by Gasteiger charge is 2.18. The Balaban J connectivity index is 2.69. The molecule has 2 N–H and O–H groups in total. The SMILES string of the molecule is CC(NC(=O)C(C)C(C)C)c1ccc(C=CC(=O)O)cc1.